The number of hydrogen-bond donors (Lipinski definition) is 2. The fraction of sp³-hybridized carbons (Fsp3) is 1.00. The van der Waals surface area contributed by atoms with Crippen molar-refractivity contribution in [3.8, 4) is 0 Å². The number of rotatable bonds is 13. The highest BCUT2D eigenvalue weighted by Gasteiger charge is 2.27. The number of nitrogens with zero attached hydrogens (tertiary/aromatic N) is 1. The first kappa shape index (κ1) is 17.9. The molecule has 1 fully saturated rings. The van der Waals surface area contributed by atoms with Gasteiger partial charge in [0.1, 0.15) is 0 Å². The number of aliphatic hydroxyl groups excluding tert-OH is 1. The van der Waals surface area contributed by atoms with Crippen LogP contribution in [0.25, 0.3) is 0 Å². The summed E-state index contributed by atoms with van der Waals surface area (Å²) < 4.78 is 0. The third kappa shape index (κ3) is 6.55. The van der Waals surface area contributed by atoms with E-state index in [2.05, 4.69) is 31.0 Å². The lowest BCUT2D eigenvalue weighted by molar-refractivity contribution is 0.137. The van der Waals surface area contributed by atoms with Gasteiger partial charge in [0.25, 0.3) is 0 Å². The van der Waals surface area contributed by atoms with Crippen LogP contribution in [-0.2, 0) is 0 Å². The van der Waals surface area contributed by atoms with Gasteiger partial charge in [-0.2, -0.15) is 0 Å². The Morgan fingerprint density at radius 3 is 2.40 bits per heavy atom. The molecule has 0 radical (unpaired) electrons. The maximum atomic E-state index is 9.75. The Bertz CT molecular complexity index is 237. The molecular formula is C17H36N2O. The molecule has 0 heterocycles. The summed E-state index contributed by atoms with van der Waals surface area (Å²) in [7, 11) is 0. The molecule has 0 aromatic heterocycles. The van der Waals surface area contributed by atoms with Gasteiger partial charge in [-0.05, 0) is 70.5 Å². The van der Waals surface area contributed by atoms with E-state index < -0.39 is 0 Å². The van der Waals surface area contributed by atoms with Gasteiger partial charge in [0.2, 0.25) is 0 Å². The van der Waals surface area contributed by atoms with E-state index in [0.717, 1.165) is 31.7 Å². The van der Waals surface area contributed by atoms with Gasteiger partial charge in [0.15, 0.2) is 0 Å². The van der Waals surface area contributed by atoms with E-state index in [4.69, 9.17) is 0 Å². The molecule has 1 atom stereocenters. The minimum absolute atomic E-state index is 0.0481. The van der Waals surface area contributed by atoms with Crippen LogP contribution < -0.4 is 5.32 Å². The van der Waals surface area contributed by atoms with E-state index in [9.17, 15) is 5.11 Å². The van der Waals surface area contributed by atoms with Crippen molar-refractivity contribution in [2.75, 3.05) is 32.8 Å². The van der Waals surface area contributed by atoms with E-state index in [1.54, 1.807) is 0 Å². The molecule has 1 saturated carbocycles. The summed E-state index contributed by atoms with van der Waals surface area (Å²) in [5, 5.41) is 13.3. The molecular weight excluding hydrogens is 248 g/mol. The summed E-state index contributed by atoms with van der Waals surface area (Å²) in [5.74, 6) is 0.980. The van der Waals surface area contributed by atoms with Crippen molar-refractivity contribution in [1.29, 1.82) is 0 Å². The molecule has 0 aromatic carbocycles. The van der Waals surface area contributed by atoms with Gasteiger partial charge in [-0.3, -0.25) is 0 Å². The van der Waals surface area contributed by atoms with E-state index >= 15 is 0 Å². The minimum atomic E-state index is -0.0481. The number of nitrogens with one attached hydrogen (secondary N) is 1. The summed E-state index contributed by atoms with van der Waals surface area (Å²) in [6.45, 7) is 11.6. The summed E-state index contributed by atoms with van der Waals surface area (Å²) >= 11 is 0. The third-order valence-corrected chi connectivity index (χ3v) is 4.61. The maximum Gasteiger partial charge on any atom is 0.0613 e. The average molecular weight is 284 g/mol. The van der Waals surface area contributed by atoms with Crippen molar-refractivity contribution < 1.29 is 5.11 Å². The molecule has 1 unspecified atom stereocenters. The zero-order valence-electron chi connectivity index (χ0n) is 14.0. The quantitative estimate of drug-likeness (QED) is 0.546. The largest absolute Gasteiger partial charge is 0.394 e. The molecule has 0 aromatic rings. The Morgan fingerprint density at radius 1 is 1.15 bits per heavy atom. The number of aliphatic hydroxyl groups is 1. The zero-order valence-corrected chi connectivity index (χ0v) is 14.0. The van der Waals surface area contributed by atoms with Gasteiger partial charge >= 0.3 is 0 Å². The van der Waals surface area contributed by atoms with Crippen LogP contribution in [-0.4, -0.2) is 48.3 Å². The van der Waals surface area contributed by atoms with Crippen LogP contribution >= 0.6 is 0 Å². The van der Waals surface area contributed by atoms with E-state index in [1.807, 2.05) is 0 Å². The van der Waals surface area contributed by atoms with Crippen molar-refractivity contribution in [1.82, 2.24) is 10.2 Å². The molecule has 20 heavy (non-hydrogen) atoms. The van der Waals surface area contributed by atoms with Crippen LogP contribution in [0, 0.1) is 5.92 Å². The lowest BCUT2D eigenvalue weighted by Crippen LogP contribution is -2.48. The minimum Gasteiger partial charge on any atom is -0.394 e. The van der Waals surface area contributed by atoms with Crippen LogP contribution in [0.15, 0.2) is 0 Å². The normalized spacial score (nSPS) is 18.4. The summed E-state index contributed by atoms with van der Waals surface area (Å²) in [5.41, 5.74) is -0.0481. The first-order valence-electron chi connectivity index (χ1n) is 8.78. The Hall–Kier alpha value is -0.120. The lowest BCUT2D eigenvalue weighted by atomic mass is 9.91. The van der Waals surface area contributed by atoms with E-state index in [0.29, 0.717) is 0 Å². The molecule has 3 nitrogen and oxygen atoms in total. The van der Waals surface area contributed by atoms with Crippen molar-refractivity contribution >= 4 is 0 Å². The molecule has 2 N–H and O–H groups in total. The summed E-state index contributed by atoms with van der Waals surface area (Å²) in [4.78, 5) is 2.63. The van der Waals surface area contributed by atoms with Gasteiger partial charge in [-0.1, -0.05) is 20.8 Å². The Balaban J connectivity index is 2.32. The molecule has 1 aliphatic rings. The fourth-order valence-electron chi connectivity index (χ4n) is 2.94. The molecule has 0 saturated heterocycles. The molecule has 0 amide bonds. The number of hydrogen-bond acceptors (Lipinski definition) is 3. The second-order valence-electron chi connectivity index (χ2n) is 6.57. The summed E-state index contributed by atoms with van der Waals surface area (Å²) in [6.07, 6.45) is 8.55. The standard InChI is InChI=1S/C17H36N2O/c1-4-11-18-17(6-3,15-20)10-7-13-19(12-5-2)14-16-8-9-16/h16,18,20H,4-15H2,1-3H3. The highest BCUT2D eigenvalue weighted by atomic mass is 16.3. The Labute approximate surface area is 126 Å². The van der Waals surface area contributed by atoms with Crippen molar-refractivity contribution in [2.45, 2.75) is 71.3 Å². The average Bonchev–Trinajstić information content (AvgIpc) is 3.27. The highest BCUT2D eigenvalue weighted by Crippen LogP contribution is 2.30. The predicted octanol–water partition coefficient (Wildman–Crippen LogP) is 3.03. The van der Waals surface area contributed by atoms with Crippen LogP contribution in [0.5, 0.6) is 0 Å². The first-order valence-corrected chi connectivity index (χ1v) is 8.78. The van der Waals surface area contributed by atoms with E-state index in [-0.39, 0.29) is 12.1 Å². The smallest absolute Gasteiger partial charge is 0.0613 e. The van der Waals surface area contributed by atoms with Crippen molar-refractivity contribution in [3.05, 3.63) is 0 Å². The summed E-state index contributed by atoms with van der Waals surface area (Å²) in [6, 6.07) is 0. The second-order valence-corrected chi connectivity index (χ2v) is 6.57. The van der Waals surface area contributed by atoms with Crippen molar-refractivity contribution in [2.24, 2.45) is 5.92 Å². The van der Waals surface area contributed by atoms with Gasteiger partial charge in [-0.25, -0.2) is 0 Å². The molecule has 3 heteroatoms. The van der Waals surface area contributed by atoms with Crippen LogP contribution in [0.1, 0.15) is 65.7 Å². The van der Waals surface area contributed by atoms with Gasteiger partial charge in [0.05, 0.1) is 6.61 Å². The Kier molecular flexibility index (Phi) is 8.74. The van der Waals surface area contributed by atoms with Gasteiger partial charge < -0.3 is 15.3 Å². The van der Waals surface area contributed by atoms with Crippen molar-refractivity contribution in [3.63, 3.8) is 0 Å². The SMILES string of the molecule is CCCNC(CC)(CO)CCCN(CCC)CC1CC1. The van der Waals surface area contributed by atoms with Crippen LogP contribution in [0.3, 0.4) is 0 Å². The molecule has 0 spiro atoms. The highest BCUT2D eigenvalue weighted by molar-refractivity contribution is 4.86. The molecule has 0 aliphatic heterocycles. The molecule has 0 bridgehead atoms. The van der Waals surface area contributed by atoms with Crippen LogP contribution in [0.2, 0.25) is 0 Å². The maximum absolute atomic E-state index is 9.75. The molecule has 120 valence electrons. The fourth-order valence-corrected chi connectivity index (χ4v) is 2.94. The topological polar surface area (TPSA) is 35.5 Å². The predicted molar refractivity (Wildman–Crippen MR) is 87.1 cm³/mol. The molecule has 1 aliphatic carbocycles. The van der Waals surface area contributed by atoms with Gasteiger partial charge in [0, 0.05) is 12.1 Å². The first-order chi connectivity index (χ1) is 9.69. The lowest BCUT2D eigenvalue weighted by Gasteiger charge is -2.33. The van der Waals surface area contributed by atoms with Crippen LogP contribution in [0.4, 0.5) is 0 Å². The van der Waals surface area contributed by atoms with E-state index in [1.165, 1.54) is 45.3 Å². The monoisotopic (exact) mass is 284 g/mol. The van der Waals surface area contributed by atoms with Gasteiger partial charge in [-0.15, -0.1) is 0 Å². The molecule has 1 rings (SSSR count). The Morgan fingerprint density at radius 2 is 1.90 bits per heavy atom. The third-order valence-electron chi connectivity index (χ3n) is 4.61. The second kappa shape index (κ2) is 9.75. The zero-order chi connectivity index (χ0) is 14.8.